The molecule has 1 aliphatic carbocycles. The summed E-state index contributed by atoms with van der Waals surface area (Å²) in [4.78, 5) is 19.8. The van der Waals surface area contributed by atoms with E-state index in [-0.39, 0.29) is 5.41 Å². The lowest BCUT2D eigenvalue weighted by Gasteiger charge is -2.22. The monoisotopic (exact) mass is 726 g/mol. The highest BCUT2D eigenvalue weighted by atomic mass is 28.3. The third kappa shape index (κ3) is 6.51. The van der Waals surface area contributed by atoms with Crippen LogP contribution in [0, 0.1) is 0 Å². The summed E-state index contributed by atoms with van der Waals surface area (Å²) in [7, 11) is -1.37. The molecule has 8 aromatic rings. The molecule has 0 fully saturated rings. The van der Waals surface area contributed by atoms with Crippen molar-refractivity contribution in [1.29, 1.82) is 0 Å². The van der Waals surface area contributed by atoms with Crippen LogP contribution in [0.25, 0.3) is 78.7 Å². The van der Waals surface area contributed by atoms with Crippen LogP contribution < -0.4 is 5.19 Å². The molecule has 0 radical (unpaired) electrons. The van der Waals surface area contributed by atoms with Crippen molar-refractivity contribution < 1.29 is 0 Å². The van der Waals surface area contributed by atoms with Crippen LogP contribution in [0.2, 0.25) is 19.6 Å². The predicted molar refractivity (Wildman–Crippen MR) is 231 cm³/mol. The van der Waals surface area contributed by atoms with E-state index in [1.54, 1.807) is 0 Å². The molecule has 0 saturated heterocycles. The first-order chi connectivity index (χ1) is 26.6. The Morgan fingerprint density at radius 3 is 1.36 bits per heavy atom. The molecule has 0 atom stereocenters. The van der Waals surface area contributed by atoms with Crippen molar-refractivity contribution in [3.63, 3.8) is 0 Å². The first-order valence-electron chi connectivity index (χ1n) is 19.0. The van der Waals surface area contributed by atoms with Gasteiger partial charge in [0.05, 0.1) is 8.07 Å². The van der Waals surface area contributed by atoms with Crippen LogP contribution in [-0.2, 0) is 5.41 Å². The molecule has 0 bridgehead atoms. The van der Waals surface area contributed by atoms with Crippen molar-refractivity contribution >= 4 is 13.3 Å². The van der Waals surface area contributed by atoms with E-state index in [1.165, 1.54) is 44.1 Å². The van der Waals surface area contributed by atoms with Crippen molar-refractivity contribution in [2.75, 3.05) is 0 Å². The zero-order chi connectivity index (χ0) is 37.7. The van der Waals surface area contributed by atoms with Crippen LogP contribution >= 0.6 is 0 Å². The molecular weight excluding hydrogens is 685 g/mol. The lowest BCUT2D eigenvalue weighted by atomic mass is 9.81. The average molecular weight is 727 g/mol. The molecular formula is C50H42N4Si. The van der Waals surface area contributed by atoms with Crippen LogP contribution in [0.3, 0.4) is 0 Å². The molecule has 0 unspecified atom stereocenters. The van der Waals surface area contributed by atoms with Gasteiger partial charge >= 0.3 is 0 Å². The zero-order valence-corrected chi connectivity index (χ0v) is 32.9. The van der Waals surface area contributed by atoms with E-state index in [4.69, 9.17) is 15.0 Å². The molecule has 0 N–H and O–H groups in total. The molecule has 2 aromatic heterocycles. The Bertz CT molecular complexity index is 2680. The molecule has 0 amide bonds. The molecule has 55 heavy (non-hydrogen) atoms. The summed E-state index contributed by atoms with van der Waals surface area (Å²) in [6, 6.07) is 54.0. The highest BCUT2D eigenvalue weighted by molar-refractivity contribution is 6.88. The standard InChI is InChI=1S/C50H42N4Si/c1-50(2)45-29-38(41-28-40(31-51-32-41)35-20-24-42(25-21-35)55(3,4)5)22-26-43(45)44-27-23-39(30-46(44)50)49-53-47(36-14-10-7-11-15-36)52-48(54-49)37-18-16-34(17-19-37)33-12-8-6-9-13-33/h6-32H,1-5H3. The molecule has 1 aliphatic rings. The van der Waals surface area contributed by atoms with E-state index >= 15 is 0 Å². The van der Waals surface area contributed by atoms with Crippen molar-refractivity contribution in [2.45, 2.75) is 38.9 Å². The SMILES string of the molecule is CC1(C)c2cc(-c3cncc(-c4ccc([Si](C)(C)C)cc4)c3)ccc2-c2ccc(-c3nc(-c4ccccc4)nc(-c4ccc(-c5ccccc5)cc4)n3)cc21. The maximum absolute atomic E-state index is 5.10. The van der Waals surface area contributed by atoms with Crippen molar-refractivity contribution in [3.05, 3.63) is 175 Å². The summed E-state index contributed by atoms with van der Waals surface area (Å²) in [5.41, 5.74) is 14.7. The Morgan fingerprint density at radius 2 is 0.782 bits per heavy atom. The zero-order valence-electron chi connectivity index (χ0n) is 31.9. The minimum atomic E-state index is -1.37. The second-order valence-electron chi connectivity index (χ2n) is 16.1. The average Bonchev–Trinajstić information content (AvgIpc) is 3.46. The molecule has 9 rings (SSSR count). The van der Waals surface area contributed by atoms with E-state index in [9.17, 15) is 0 Å². The maximum atomic E-state index is 5.10. The van der Waals surface area contributed by atoms with E-state index in [1.807, 2.05) is 36.7 Å². The van der Waals surface area contributed by atoms with E-state index in [0.29, 0.717) is 17.5 Å². The first kappa shape index (κ1) is 34.5. The first-order valence-corrected chi connectivity index (χ1v) is 22.5. The minimum Gasteiger partial charge on any atom is -0.263 e. The molecule has 5 heteroatoms. The number of rotatable bonds is 7. The van der Waals surface area contributed by atoms with Gasteiger partial charge in [0.1, 0.15) is 0 Å². The highest BCUT2D eigenvalue weighted by Crippen LogP contribution is 2.50. The Morgan fingerprint density at radius 1 is 0.382 bits per heavy atom. The van der Waals surface area contributed by atoms with Gasteiger partial charge in [-0.15, -0.1) is 0 Å². The molecule has 266 valence electrons. The molecule has 2 heterocycles. The van der Waals surface area contributed by atoms with Gasteiger partial charge in [-0.1, -0.05) is 172 Å². The van der Waals surface area contributed by atoms with Gasteiger partial charge in [-0.3, -0.25) is 4.98 Å². The molecule has 6 aromatic carbocycles. The molecule has 0 aliphatic heterocycles. The fraction of sp³-hybridized carbons (Fsp3) is 0.120. The van der Waals surface area contributed by atoms with Gasteiger partial charge in [-0.05, 0) is 62.7 Å². The predicted octanol–water partition coefficient (Wildman–Crippen LogP) is 12.1. The summed E-state index contributed by atoms with van der Waals surface area (Å²) in [5.74, 6) is 1.97. The van der Waals surface area contributed by atoms with Crippen molar-refractivity contribution in [2.24, 2.45) is 0 Å². The molecule has 0 spiro atoms. The van der Waals surface area contributed by atoms with Gasteiger partial charge in [0, 0.05) is 45.6 Å². The summed E-state index contributed by atoms with van der Waals surface area (Å²) >= 11 is 0. The van der Waals surface area contributed by atoms with Gasteiger partial charge in [-0.2, -0.15) is 0 Å². The van der Waals surface area contributed by atoms with Crippen LogP contribution in [0.4, 0.5) is 0 Å². The summed E-state index contributed by atoms with van der Waals surface area (Å²) < 4.78 is 0. The van der Waals surface area contributed by atoms with Gasteiger partial charge in [0.25, 0.3) is 0 Å². The minimum absolute atomic E-state index is 0.236. The lowest BCUT2D eigenvalue weighted by Crippen LogP contribution is -2.37. The maximum Gasteiger partial charge on any atom is 0.164 e. The largest absolute Gasteiger partial charge is 0.263 e. The number of aromatic nitrogens is 4. The number of pyridine rings is 1. The fourth-order valence-corrected chi connectivity index (χ4v) is 8.93. The number of nitrogens with zero attached hydrogens (tertiary/aromatic N) is 4. The quantitative estimate of drug-likeness (QED) is 0.153. The Labute approximate surface area is 324 Å². The number of hydrogen-bond donors (Lipinski definition) is 0. The van der Waals surface area contributed by atoms with Crippen molar-refractivity contribution in [1.82, 2.24) is 19.9 Å². The normalized spacial score (nSPS) is 13.0. The van der Waals surface area contributed by atoms with E-state index in [2.05, 4.69) is 166 Å². The number of fused-ring (bicyclic) bond motifs is 3. The molecule has 0 saturated carbocycles. The fourth-order valence-electron chi connectivity index (χ4n) is 7.77. The van der Waals surface area contributed by atoms with Gasteiger partial charge < -0.3 is 0 Å². The Balaban J connectivity index is 1.07. The van der Waals surface area contributed by atoms with Crippen LogP contribution in [0.15, 0.2) is 164 Å². The third-order valence-corrected chi connectivity index (χ3v) is 13.1. The second kappa shape index (κ2) is 13.5. The lowest BCUT2D eigenvalue weighted by molar-refractivity contribution is 0.661. The van der Waals surface area contributed by atoms with Gasteiger partial charge in [0.15, 0.2) is 17.5 Å². The third-order valence-electron chi connectivity index (χ3n) is 11.0. The van der Waals surface area contributed by atoms with Crippen LogP contribution in [0.5, 0.6) is 0 Å². The smallest absolute Gasteiger partial charge is 0.164 e. The number of hydrogen-bond acceptors (Lipinski definition) is 4. The van der Waals surface area contributed by atoms with Gasteiger partial charge in [0.2, 0.25) is 0 Å². The van der Waals surface area contributed by atoms with E-state index in [0.717, 1.165) is 33.4 Å². The highest BCUT2D eigenvalue weighted by Gasteiger charge is 2.36. The second-order valence-corrected chi connectivity index (χ2v) is 21.1. The Hall–Kier alpha value is -6.30. The van der Waals surface area contributed by atoms with Crippen LogP contribution in [-0.4, -0.2) is 28.0 Å². The van der Waals surface area contributed by atoms with Gasteiger partial charge in [-0.25, -0.2) is 15.0 Å². The Kier molecular flexibility index (Phi) is 8.47. The number of benzene rings is 6. The summed E-state index contributed by atoms with van der Waals surface area (Å²) in [6.07, 6.45) is 3.95. The van der Waals surface area contributed by atoms with E-state index < -0.39 is 8.07 Å². The summed E-state index contributed by atoms with van der Waals surface area (Å²) in [6.45, 7) is 11.8. The molecule has 4 nitrogen and oxygen atoms in total. The van der Waals surface area contributed by atoms with Crippen LogP contribution in [0.1, 0.15) is 25.0 Å². The summed E-state index contributed by atoms with van der Waals surface area (Å²) in [5, 5.41) is 1.46. The van der Waals surface area contributed by atoms with Crippen molar-refractivity contribution in [3.8, 4) is 78.7 Å². The topological polar surface area (TPSA) is 51.6 Å².